The molecule has 5 rings (SSSR count). The molecule has 1 aromatic carbocycles. The van der Waals surface area contributed by atoms with Crippen LogP contribution in [0.5, 0.6) is 0 Å². The molecule has 0 saturated heterocycles. The third kappa shape index (κ3) is 2.44. The van der Waals surface area contributed by atoms with Crippen LogP contribution < -0.4 is 35.1 Å². The van der Waals surface area contributed by atoms with Gasteiger partial charge in [-0.25, -0.2) is 9.78 Å². The molecule has 0 spiro atoms. The van der Waals surface area contributed by atoms with Gasteiger partial charge >= 0.3 is 35.5 Å². The maximum Gasteiger partial charge on any atom is 1.00 e. The van der Waals surface area contributed by atoms with Gasteiger partial charge in [-0.05, 0) is 24.6 Å². The largest absolute Gasteiger partial charge is 1.00 e. The van der Waals surface area contributed by atoms with E-state index in [1.54, 1.807) is 17.6 Å². The number of nitrogens with zero attached hydrogens (tertiary/aromatic N) is 2. The molecule has 6 nitrogen and oxygen atoms in total. The molecule has 0 aliphatic carbocycles. The van der Waals surface area contributed by atoms with Crippen molar-refractivity contribution >= 4 is 16.9 Å². The van der Waals surface area contributed by atoms with E-state index in [1.807, 2.05) is 30.3 Å². The molecule has 130 valence electrons. The Morgan fingerprint density at radius 1 is 1.26 bits per heavy atom. The average molecular weight is 371 g/mol. The van der Waals surface area contributed by atoms with Crippen molar-refractivity contribution in [2.45, 2.75) is 32.1 Å². The second kappa shape index (κ2) is 6.27. The van der Waals surface area contributed by atoms with Gasteiger partial charge in [0.05, 0.1) is 29.0 Å². The molecule has 0 saturated carbocycles. The summed E-state index contributed by atoms with van der Waals surface area (Å²) >= 11 is 0. The molecular weight excluding hydrogens is 355 g/mol. The number of carbonyl (C=O) groups excluding carboxylic acids is 1. The van der Waals surface area contributed by atoms with E-state index in [1.165, 1.54) is 0 Å². The minimum Gasteiger partial charge on any atom is -0.458 e. The zero-order valence-electron chi connectivity index (χ0n) is 15.2. The van der Waals surface area contributed by atoms with E-state index in [4.69, 9.17) is 9.72 Å². The summed E-state index contributed by atoms with van der Waals surface area (Å²) in [6.07, 6.45) is 0.139. The van der Waals surface area contributed by atoms with Crippen LogP contribution in [0.25, 0.3) is 22.3 Å². The Labute approximate surface area is 177 Å². The molecule has 3 aromatic rings. The van der Waals surface area contributed by atoms with Crippen molar-refractivity contribution in [1.29, 1.82) is 0 Å². The number of para-hydroxylation sites is 1. The second-order valence-electron chi connectivity index (χ2n) is 6.79. The van der Waals surface area contributed by atoms with Crippen LogP contribution in [0, 0.1) is 0 Å². The molecule has 27 heavy (non-hydrogen) atoms. The summed E-state index contributed by atoms with van der Waals surface area (Å²) in [4.78, 5) is 29.9. The SMILES string of the molecule is CC[C@@]1(O)C(=O)OCc2c1cc1n(c2=O)Cc2cc3ccccc3nc2-1.[Na+]. The van der Waals surface area contributed by atoms with Gasteiger partial charge in [0.1, 0.15) is 6.61 Å². The summed E-state index contributed by atoms with van der Waals surface area (Å²) in [5.41, 5.74) is 1.81. The van der Waals surface area contributed by atoms with Crippen LogP contribution in [-0.4, -0.2) is 20.6 Å². The van der Waals surface area contributed by atoms with Gasteiger partial charge in [-0.2, -0.15) is 0 Å². The Kier molecular flexibility index (Phi) is 4.27. The first kappa shape index (κ1) is 18.4. The van der Waals surface area contributed by atoms with E-state index in [9.17, 15) is 14.7 Å². The maximum absolute atomic E-state index is 13.0. The Morgan fingerprint density at radius 3 is 2.81 bits per heavy atom. The van der Waals surface area contributed by atoms with E-state index in [0.29, 0.717) is 23.4 Å². The van der Waals surface area contributed by atoms with Crippen LogP contribution in [0.3, 0.4) is 0 Å². The van der Waals surface area contributed by atoms with Gasteiger partial charge in [0.2, 0.25) is 0 Å². The molecule has 7 heteroatoms. The number of ether oxygens (including phenoxy) is 1. The van der Waals surface area contributed by atoms with Crippen molar-refractivity contribution < 1.29 is 44.2 Å². The molecule has 0 radical (unpaired) electrons. The van der Waals surface area contributed by atoms with Crippen LogP contribution in [0.4, 0.5) is 0 Å². The Bertz CT molecular complexity index is 1170. The van der Waals surface area contributed by atoms with E-state index in [2.05, 4.69) is 0 Å². The predicted molar refractivity (Wildman–Crippen MR) is 94.5 cm³/mol. The zero-order chi connectivity index (χ0) is 18.1. The van der Waals surface area contributed by atoms with Gasteiger partial charge in [0.15, 0.2) is 5.60 Å². The fraction of sp³-hybridized carbons (Fsp3) is 0.250. The standard InChI is InChI=1S/C20H16N2O4.Na/c1-2-20(25)14-8-16-17-12(7-11-5-3-4-6-15(11)21-17)9-22(16)18(23)13(14)10-26-19(20)24;/h3-8,25H,2,9-10H2,1H3;/q;+1/t20-;/m0./s1. The summed E-state index contributed by atoms with van der Waals surface area (Å²) in [6, 6.07) is 11.6. The molecule has 2 aliphatic rings. The van der Waals surface area contributed by atoms with Gasteiger partial charge in [-0.1, -0.05) is 25.1 Å². The van der Waals surface area contributed by atoms with Gasteiger partial charge in [-0.15, -0.1) is 0 Å². The van der Waals surface area contributed by atoms with Gasteiger partial charge in [-0.3, -0.25) is 4.79 Å². The van der Waals surface area contributed by atoms with Crippen molar-refractivity contribution in [3.8, 4) is 11.4 Å². The topological polar surface area (TPSA) is 81.4 Å². The third-order valence-corrected chi connectivity index (χ3v) is 5.42. The fourth-order valence-electron chi connectivity index (χ4n) is 3.93. The van der Waals surface area contributed by atoms with E-state index in [0.717, 1.165) is 22.2 Å². The Hall–Kier alpha value is -1.99. The molecule has 2 aromatic heterocycles. The zero-order valence-corrected chi connectivity index (χ0v) is 17.2. The summed E-state index contributed by atoms with van der Waals surface area (Å²) in [6.45, 7) is 2.01. The average Bonchev–Trinajstić information content (AvgIpc) is 3.01. The van der Waals surface area contributed by atoms with Crippen molar-refractivity contribution in [2.75, 3.05) is 0 Å². The van der Waals surface area contributed by atoms with Gasteiger partial charge in [0, 0.05) is 16.5 Å². The van der Waals surface area contributed by atoms with Crippen molar-refractivity contribution in [3.05, 3.63) is 63.4 Å². The maximum atomic E-state index is 13.0. The first-order valence-corrected chi connectivity index (χ1v) is 8.59. The summed E-state index contributed by atoms with van der Waals surface area (Å²) in [7, 11) is 0. The monoisotopic (exact) mass is 371 g/mol. The van der Waals surface area contributed by atoms with Gasteiger partial charge < -0.3 is 14.4 Å². The van der Waals surface area contributed by atoms with Crippen molar-refractivity contribution in [3.63, 3.8) is 0 Å². The van der Waals surface area contributed by atoms with Crippen LogP contribution in [0.2, 0.25) is 0 Å². The van der Waals surface area contributed by atoms with Crippen LogP contribution in [-0.2, 0) is 28.3 Å². The van der Waals surface area contributed by atoms with Crippen LogP contribution in [0.15, 0.2) is 41.2 Å². The second-order valence-corrected chi connectivity index (χ2v) is 6.79. The molecule has 0 amide bonds. The summed E-state index contributed by atoms with van der Waals surface area (Å²) in [5.74, 6) is -0.707. The number of cyclic esters (lactones) is 1. The number of aromatic nitrogens is 2. The minimum atomic E-state index is -1.79. The molecule has 0 bridgehead atoms. The fourth-order valence-corrected chi connectivity index (χ4v) is 3.93. The number of fused-ring (bicyclic) bond motifs is 5. The quantitative estimate of drug-likeness (QED) is 0.346. The van der Waals surface area contributed by atoms with Crippen LogP contribution >= 0.6 is 0 Å². The van der Waals surface area contributed by atoms with Crippen molar-refractivity contribution in [1.82, 2.24) is 9.55 Å². The number of hydrogen-bond donors (Lipinski definition) is 1. The predicted octanol–water partition coefficient (Wildman–Crippen LogP) is -0.916. The minimum absolute atomic E-state index is 0. The van der Waals surface area contributed by atoms with E-state index >= 15 is 0 Å². The number of hydrogen-bond acceptors (Lipinski definition) is 5. The number of benzene rings is 1. The summed E-state index contributed by atoms with van der Waals surface area (Å²) < 4.78 is 6.72. The third-order valence-electron chi connectivity index (χ3n) is 5.42. The smallest absolute Gasteiger partial charge is 0.458 e. The molecular formula is C20H16N2NaO4+. The number of esters is 1. The summed E-state index contributed by atoms with van der Waals surface area (Å²) in [5, 5.41) is 11.8. The van der Waals surface area contributed by atoms with E-state index in [-0.39, 0.29) is 48.1 Å². The van der Waals surface area contributed by atoms with E-state index < -0.39 is 11.6 Å². The molecule has 2 aliphatic heterocycles. The number of rotatable bonds is 1. The molecule has 4 heterocycles. The van der Waals surface area contributed by atoms with Crippen LogP contribution in [0.1, 0.15) is 30.0 Å². The Morgan fingerprint density at radius 2 is 2.04 bits per heavy atom. The first-order chi connectivity index (χ1) is 12.5. The normalized spacial score (nSPS) is 19.7. The molecule has 0 fully saturated rings. The first-order valence-electron chi connectivity index (χ1n) is 8.59. The number of aliphatic hydroxyl groups is 1. The number of pyridine rings is 2. The molecule has 1 atom stereocenters. The molecule has 0 unspecified atom stereocenters. The number of carbonyl (C=O) groups is 1. The van der Waals surface area contributed by atoms with Gasteiger partial charge in [0.25, 0.3) is 5.56 Å². The molecule has 1 N–H and O–H groups in total. The van der Waals surface area contributed by atoms with Crippen molar-refractivity contribution in [2.24, 2.45) is 0 Å². The Balaban J connectivity index is 0.00000180.